The SMILES string of the molecule is Cc1c(-c2nc(-c3ccc(C(C)(C)C)cc3)no2)nnn1C1CCNC1. The molecule has 1 saturated heterocycles. The van der Waals surface area contributed by atoms with Crippen molar-refractivity contribution in [3.8, 4) is 23.0 Å². The number of aromatic nitrogens is 5. The Hall–Kier alpha value is -2.54. The summed E-state index contributed by atoms with van der Waals surface area (Å²) >= 11 is 0. The van der Waals surface area contributed by atoms with Crippen molar-refractivity contribution in [1.29, 1.82) is 0 Å². The van der Waals surface area contributed by atoms with Crippen molar-refractivity contribution in [2.75, 3.05) is 13.1 Å². The molecular formula is C19H24N6O. The highest BCUT2D eigenvalue weighted by molar-refractivity contribution is 5.59. The Labute approximate surface area is 152 Å². The average molecular weight is 352 g/mol. The maximum absolute atomic E-state index is 5.47. The molecule has 0 spiro atoms. The van der Waals surface area contributed by atoms with E-state index >= 15 is 0 Å². The number of nitrogens with zero attached hydrogens (tertiary/aromatic N) is 5. The van der Waals surface area contributed by atoms with Gasteiger partial charge in [0.05, 0.1) is 11.7 Å². The average Bonchev–Trinajstić information content (AvgIpc) is 3.34. The molecule has 0 aliphatic carbocycles. The van der Waals surface area contributed by atoms with E-state index in [1.807, 2.05) is 23.7 Å². The van der Waals surface area contributed by atoms with Gasteiger partial charge in [0.25, 0.3) is 5.89 Å². The standard InChI is InChI=1S/C19H24N6O/c1-12-16(22-24-25(12)15-9-10-20-11-15)18-21-17(23-26-18)13-5-7-14(8-6-13)19(2,3)4/h5-8,15,20H,9-11H2,1-4H3. The fourth-order valence-corrected chi connectivity index (χ4v) is 3.29. The van der Waals surface area contributed by atoms with E-state index in [2.05, 4.69) is 58.7 Å². The van der Waals surface area contributed by atoms with E-state index in [4.69, 9.17) is 4.52 Å². The van der Waals surface area contributed by atoms with E-state index in [0.29, 0.717) is 23.5 Å². The summed E-state index contributed by atoms with van der Waals surface area (Å²) in [6.07, 6.45) is 1.05. The third kappa shape index (κ3) is 3.03. The van der Waals surface area contributed by atoms with Crippen molar-refractivity contribution in [3.05, 3.63) is 35.5 Å². The van der Waals surface area contributed by atoms with Crippen molar-refractivity contribution in [3.63, 3.8) is 0 Å². The van der Waals surface area contributed by atoms with E-state index in [9.17, 15) is 0 Å². The lowest BCUT2D eigenvalue weighted by Gasteiger charge is -2.18. The van der Waals surface area contributed by atoms with Gasteiger partial charge in [-0.3, -0.25) is 0 Å². The minimum Gasteiger partial charge on any atom is -0.332 e. The van der Waals surface area contributed by atoms with Crippen LogP contribution in [0.3, 0.4) is 0 Å². The summed E-state index contributed by atoms with van der Waals surface area (Å²) in [5.41, 5.74) is 3.93. The lowest BCUT2D eigenvalue weighted by molar-refractivity contribution is 0.430. The van der Waals surface area contributed by atoms with E-state index in [1.165, 1.54) is 5.56 Å². The minimum absolute atomic E-state index is 0.117. The Morgan fingerprint density at radius 3 is 2.62 bits per heavy atom. The van der Waals surface area contributed by atoms with Gasteiger partial charge in [0, 0.05) is 12.1 Å². The summed E-state index contributed by atoms with van der Waals surface area (Å²) < 4.78 is 7.42. The highest BCUT2D eigenvalue weighted by atomic mass is 16.5. The summed E-state index contributed by atoms with van der Waals surface area (Å²) in [5, 5.41) is 16.0. The van der Waals surface area contributed by atoms with Gasteiger partial charge in [-0.25, -0.2) is 4.68 Å². The molecule has 2 aromatic heterocycles. The molecule has 3 heterocycles. The number of hydrogen-bond donors (Lipinski definition) is 1. The van der Waals surface area contributed by atoms with Crippen molar-refractivity contribution in [2.45, 2.75) is 45.6 Å². The largest absolute Gasteiger partial charge is 0.332 e. The summed E-state index contributed by atoms with van der Waals surface area (Å²) in [6, 6.07) is 8.62. The zero-order chi connectivity index (χ0) is 18.3. The van der Waals surface area contributed by atoms with Gasteiger partial charge in [-0.1, -0.05) is 55.4 Å². The molecule has 1 fully saturated rings. The second-order valence-corrected chi connectivity index (χ2v) is 7.87. The highest BCUT2D eigenvalue weighted by Gasteiger charge is 2.24. The van der Waals surface area contributed by atoms with Crippen molar-refractivity contribution < 1.29 is 4.52 Å². The first-order valence-electron chi connectivity index (χ1n) is 9.01. The second kappa shape index (κ2) is 6.32. The molecule has 4 rings (SSSR count). The van der Waals surface area contributed by atoms with Crippen LogP contribution in [-0.4, -0.2) is 38.2 Å². The Bertz CT molecular complexity index is 897. The normalized spacial score (nSPS) is 17.8. The first-order chi connectivity index (χ1) is 12.4. The molecule has 1 aromatic carbocycles. The van der Waals surface area contributed by atoms with Crippen LogP contribution in [0.25, 0.3) is 23.0 Å². The van der Waals surface area contributed by atoms with Gasteiger partial charge in [-0.05, 0) is 30.9 Å². The number of rotatable bonds is 3. The Morgan fingerprint density at radius 1 is 1.19 bits per heavy atom. The van der Waals surface area contributed by atoms with Crippen LogP contribution in [0.2, 0.25) is 0 Å². The fourth-order valence-electron chi connectivity index (χ4n) is 3.29. The zero-order valence-electron chi connectivity index (χ0n) is 15.7. The molecule has 0 radical (unpaired) electrons. The van der Waals surface area contributed by atoms with Crippen LogP contribution in [-0.2, 0) is 5.41 Å². The van der Waals surface area contributed by atoms with Crippen LogP contribution in [0.4, 0.5) is 0 Å². The minimum atomic E-state index is 0.117. The molecule has 1 unspecified atom stereocenters. The molecular weight excluding hydrogens is 328 g/mol. The first kappa shape index (κ1) is 16.9. The van der Waals surface area contributed by atoms with Gasteiger partial charge >= 0.3 is 0 Å². The maximum Gasteiger partial charge on any atom is 0.280 e. The molecule has 3 aromatic rings. The lowest BCUT2D eigenvalue weighted by Crippen LogP contribution is -2.15. The lowest BCUT2D eigenvalue weighted by atomic mass is 9.87. The van der Waals surface area contributed by atoms with Crippen molar-refractivity contribution in [2.24, 2.45) is 0 Å². The van der Waals surface area contributed by atoms with Gasteiger partial charge in [0.15, 0.2) is 5.69 Å². The summed E-state index contributed by atoms with van der Waals surface area (Å²) in [6.45, 7) is 10.5. The number of nitrogens with one attached hydrogen (secondary N) is 1. The van der Waals surface area contributed by atoms with Crippen molar-refractivity contribution >= 4 is 0 Å². The summed E-state index contributed by atoms with van der Waals surface area (Å²) in [5.74, 6) is 0.978. The Kier molecular flexibility index (Phi) is 4.11. The van der Waals surface area contributed by atoms with Crippen LogP contribution >= 0.6 is 0 Å². The molecule has 7 nitrogen and oxygen atoms in total. The van der Waals surface area contributed by atoms with E-state index in [0.717, 1.165) is 30.8 Å². The fraction of sp³-hybridized carbons (Fsp3) is 0.474. The second-order valence-electron chi connectivity index (χ2n) is 7.87. The molecule has 0 bridgehead atoms. The number of benzene rings is 1. The Balaban J connectivity index is 1.60. The zero-order valence-corrected chi connectivity index (χ0v) is 15.7. The summed E-state index contributed by atoms with van der Waals surface area (Å²) in [7, 11) is 0. The van der Waals surface area contributed by atoms with Gasteiger partial charge in [0.2, 0.25) is 5.82 Å². The van der Waals surface area contributed by atoms with E-state index in [1.54, 1.807) is 0 Å². The van der Waals surface area contributed by atoms with Gasteiger partial charge in [-0.15, -0.1) is 5.10 Å². The third-order valence-corrected chi connectivity index (χ3v) is 4.95. The third-order valence-electron chi connectivity index (χ3n) is 4.95. The highest BCUT2D eigenvalue weighted by Crippen LogP contribution is 2.28. The molecule has 1 aliphatic heterocycles. The van der Waals surface area contributed by atoms with Gasteiger partial charge < -0.3 is 9.84 Å². The predicted molar refractivity (Wildman–Crippen MR) is 98.7 cm³/mol. The van der Waals surface area contributed by atoms with E-state index in [-0.39, 0.29) is 5.41 Å². The van der Waals surface area contributed by atoms with E-state index < -0.39 is 0 Å². The van der Waals surface area contributed by atoms with Gasteiger partial charge in [-0.2, -0.15) is 4.98 Å². The molecule has 0 amide bonds. The molecule has 1 atom stereocenters. The molecule has 7 heteroatoms. The van der Waals surface area contributed by atoms with Crippen LogP contribution < -0.4 is 5.32 Å². The molecule has 136 valence electrons. The van der Waals surface area contributed by atoms with Crippen LogP contribution in [0.1, 0.15) is 44.5 Å². The Morgan fingerprint density at radius 2 is 1.96 bits per heavy atom. The molecule has 1 N–H and O–H groups in total. The molecule has 0 saturated carbocycles. The van der Waals surface area contributed by atoms with Crippen molar-refractivity contribution in [1.82, 2.24) is 30.5 Å². The van der Waals surface area contributed by atoms with Crippen LogP contribution in [0, 0.1) is 6.92 Å². The number of hydrogen-bond acceptors (Lipinski definition) is 6. The van der Waals surface area contributed by atoms with Crippen LogP contribution in [0.15, 0.2) is 28.8 Å². The predicted octanol–water partition coefficient (Wildman–Crippen LogP) is 3.14. The molecule has 26 heavy (non-hydrogen) atoms. The molecule has 1 aliphatic rings. The van der Waals surface area contributed by atoms with Gasteiger partial charge in [0.1, 0.15) is 0 Å². The summed E-state index contributed by atoms with van der Waals surface area (Å²) in [4.78, 5) is 4.53. The monoisotopic (exact) mass is 352 g/mol. The maximum atomic E-state index is 5.47. The first-order valence-corrected chi connectivity index (χ1v) is 9.01. The van der Waals surface area contributed by atoms with Crippen LogP contribution in [0.5, 0.6) is 0 Å². The topological polar surface area (TPSA) is 81.7 Å². The quantitative estimate of drug-likeness (QED) is 0.780. The smallest absolute Gasteiger partial charge is 0.280 e.